The minimum absolute atomic E-state index is 0.202. The van der Waals surface area contributed by atoms with Crippen LogP contribution in [-0.4, -0.2) is 45.6 Å². The fraction of sp³-hybridized carbons (Fsp3) is 0.480. The van der Waals surface area contributed by atoms with E-state index in [1.807, 2.05) is 13.8 Å². The monoisotopic (exact) mass is 554 g/mol. The van der Waals surface area contributed by atoms with E-state index >= 15 is 0 Å². The Hall–Kier alpha value is -2.70. The third-order valence-corrected chi connectivity index (χ3v) is 9.04. The average molecular weight is 555 g/mol. The predicted octanol–water partition coefficient (Wildman–Crippen LogP) is 6.75. The third-order valence-electron chi connectivity index (χ3n) is 6.67. The van der Waals surface area contributed by atoms with Crippen molar-refractivity contribution >= 4 is 49.9 Å². The number of carbonyl (C=O) groups is 2. The summed E-state index contributed by atoms with van der Waals surface area (Å²) in [4.78, 5) is 31.5. The van der Waals surface area contributed by atoms with E-state index in [4.69, 9.17) is 0 Å². The van der Waals surface area contributed by atoms with Crippen molar-refractivity contribution in [1.82, 2.24) is 15.2 Å². The van der Waals surface area contributed by atoms with Gasteiger partial charge in [-0.05, 0) is 57.4 Å². The van der Waals surface area contributed by atoms with Crippen molar-refractivity contribution < 1.29 is 27.9 Å². The number of alkyl halides is 3. The SMILES string of the molecule is CC[C@H](C)NCCC(=O)Nc1sc2c(c1-c1nc3cc(C(F)(F)F)ccc3s1)CC(C)N(C(=O)O)C2C. The van der Waals surface area contributed by atoms with Crippen LogP contribution in [0.2, 0.25) is 0 Å². The van der Waals surface area contributed by atoms with Crippen LogP contribution >= 0.6 is 22.7 Å². The van der Waals surface area contributed by atoms with E-state index in [0.29, 0.717) is 33.2 Å². The van der Waals surface area contributed by atoms with Gasteiger partial charge in [0, 0.05) is 35.5 Å². The van der Waals surface area contributed by atoms with Crippen LogP contribution in [0.4, 0.5) is 23.0 Å². The topological polar surface area (TPSA) is 94.6 Å². The van der Waals surface area contributed by atoms with Gasteiger partial charge in [0.15, 0.2) is 0 Å². The molecule has 3 aromatic rings. The van der Waals surface area contributed by atoms with Crippen LogP contribution < -0.4 is 10.6 Å². The van der Waals surface area contributed by atoms with Gasteiger partial charge in [0.1, 0.15) is 10.0 Å². The number of hydrogen-bond donors (Lipinski definition) is 3. The second-order valence-electron chi connectivity index (χ2n) is 9.33. The quantitative estimate of drug-likeness (QED) is 0.301. The molecule has 2 amide bonds. The Labute approximate surface area is 220 Å². The Balaban J connectivity index is 1.75. The summed E-state index contributed by atoms with van der Waals surface area (Å²) in [6.07, 6.45) is -3.91. The van der Waals surface area contributed by atoms with Crippen LogP contribution in [0.1, 0.15) is 62.6 Å². The normalized spacial score (nSPS) is 18.6. The lowest BCUT2D eigenvalue weighted by Crippen LogP contribution is -2.43. The van der Waals surface area contributed by atoms with Gasteiger partial charge < -0.3 is 15.7 Å². The molecule has 1 aromatic carbocycles. The van der Waals surface area contributed by atoms with Gasteiger partial charge >= 0.3 is 12.3 Å². The summed E-state index contributed by atoms with van der Waals surface area (Å²) >= 11 is 2.56. The largest absolute Gasteiger partial charge is 0.465 e. The highest BCUT2D eigenvalue weighted by Gasteiger charge is 2.38. The van der Waals surface area contributed by atoms with E-state index in [0.717, 1.165) is 29.0 Å². The van der Waals surface area contributed by atoms with E-state index in [9.17, 15) is 27.9 Å². The standard InChI is InChI=1S/C25H29F3N4O3S2/c1-5-12(2)29-9-8-19(33)31-23-20(16-10-13(3)32(24(34)35)14(4)21(16)37-23)22-30-17-11-15(25(26,27)28)6-7-18(17)36-22/h6-7,11-14,29H,5,8-10H2,1-4H3,(H,31,33)(H,34,35)/t12-,13?,14?/m0/s1. The molecular formula is C25H29F3N4O3S2. The molecular weight excluding hydrogens is 525 g/mol. The third kappa shape index (κ3) is 5.60. The molecule has 7 nitrogen and oxygen atoms in total. The van der Waals surface area contributed by atoms with E-state index in [1.165, 1.54) is 33.6 Å². The molecule has 2 aromatic heterocycles. The van der Waals surface area contributed by atoms with Gasteiger partial charge in [-0.25, -0.2) is 9.78 Å². The number of fused-ring (bicyclic) bond motifs is 2. The number of carboxylic acid groups (broad SMARTS) is 1. The maximum atomic E-state index is 13.3. The van der Waals surface area contributed by atoms with Gasteiger partial charge in [-0.1, -0.05) is 6.92 Å². The van der Waals surface area contributed by atoms with Gasteiger partial charge in [0.25, 0.3) is 0 Å². The first-order valence-corrected chi connectivity index (χ1v) is 13.7. The summed E-state index contributed by atoms with van der Waals surface area (Å²) in [5.41, 5.74) is 1.01. The summed E-state index contributed by atoms with van der Waals surface area (Å²) in [6.45, 7) is 8.22. The summed E-state index contributed by atoms with van der Waals surface area (Å²) in [6, 6.07) is 3.01. The van der Waals surface area contributed by atoms with Crippen molar-refractivity contribution in [2.75, 3.05) is 11.9 Å². The Kier molecular flexibility index (Phi) is 7.82. The first-order chi connectivity index (χ1) is 17.4. The molecule has 0 saturated carbocycles. The maximum absolute atomic E-state index is 13.3. The zero-order valence-corrected chi connectivity index (χ0v) is 22.5. The molecule has 2 unspecified atom stereocenters. The molecule has 12 heteroatoms. The summed E-state index contributed by atoms with van der Waals surface area (Å²) in [7, 11) is 0. The van der Waals surface area contributed by atoms with E-state index in [-0.39, 0.29) is 29.9 Å². The number of halogens is 3. The molecule has 4 rings (SSSR count). The van der Waals surface area contributed by atoms with Crippen LogP contribution in [0.15, 0.2) is 18.2 Å². The number of amides is 2. The average Bonchev–Trinajstić information content (AvgIpc) is 3.38. The second kappa shape index (κ2) is 10.6. The minimum atomic E-state index is -4.48. The number of anilines is 1. The number of benzene rings is 1. The zero-order chi connectivity index (χ0) is 27.1. The summed E-state index contributed by atoms with van der Waals surface area (Å²) < 4.78 is 40.4. The van der Waals surface area contributed by atoms with Crippen molar-refractivity contribution in [2.45, 2.75) is 71.3 Å². The van der Waals surface area contributed by atoms with Gasteiger partial charge in [-0.3, -0.25) is 9.69 Å². The van der Waals surface area contributed by atoms with Crippen molar-refractivity contribution in [2.24, 2.45) is 0 Å². The Bertz CT molecular complexity index is 1320. The maximum Gasteiger partial charge on any atom is 0.416 e. The Morgan fingerprint density at radius 3 is 2.65 bits per heavy atom. The Morgan fingerprint density at radius 2 is 2.00 bits per heavy atom. The molecule has 1 aliphatic heterocycles. The van der Waals surface area contributed by atoms with Crippen LogP contribution in [0.25, 0.3) is 20.8 Å². The molecule has 0 saturated heterocycles. The molecule has 0 aliphatic carbocycles. The van der Waals surface area contributed by atoms with E-state index in [2.05, 4.69) is 22.5 Å². The summed E-state index contributed by atoms with van der Waals surface area (Å²) in [5.74, 6) is -0.202. The van der Waals surface area contributed by atoms with Gasteiger partial charge in [-0.2, -0.15) is 13.2 Å². The molecule has 1 aliphatic rings. The van der Waals surface area contributed by atoms with E-state index in [1.54, 1.807) is 6.92 Å². The number of nitrogens with one attached hydrogen (secondary N) is 2. The number of nitrogens with zero attached hydrogens (tertiary/aromatic N) is 2. The highest BCUT2D eigenvalue weighted by atomic mass is 32.1. The molecule has 37 heavy (non-hydrogen) atoms. The first kappa shape index (κ1) is 27.3. The van der Waals surface area contributed by atoms with Gasteiger partial charge in [-0.15, -0.1) is 22.7 Å². The van der Waals surface area contributed by atoms with Crippen LogP contribution in [0.3, 0.4) is 0 Å². The number of thiophene rings is 1. The Morgan fingerprint density at radius 1 is 1.27 bits per heavy atom. The highest BCUT2D eigenvalue weighted by Crippen LogP contribution is 2.50. The molecule has 3 atom stereocenters. The number of rotatable bonds is 7. The molecule has 0 radical (unpaired) electrons. The molecule has 0 bridgehead atoms. The zero-order valence-electron chi connectivity index (χ0n) is 20.9. The fourth-order valence-corrected chi connectivity index (χ4v) is 6.96. The lowest BCUT2D eigenvalue weighted by Gasteiger charge is -2.36. The number of thiazole rings is 1. The van der Waals surface area contributed by atoms with Crippen molar-refractivity contribution in [3.05, 3.63) is 34.2 Å². The molecule has 200 valence electrons. The number of carbonyl (C=O) groups excluding carboxylic acids is 1. The van der Waals surface area contributed by atoms with Crippen LogP contribution in [-0.2, 0) is 17.4 Å². The second-order valence-corrected chi connectivity index (χ2v) is 11.4. The van der Waals surface area contributed by atoms with Crippen molar-refractivity contribution in [3.8, 4) is 10.6 Å². The number of hydrogen-bond acceptors (Lipinski definition) is 6. The highest BCUT2D eigenvalue weighted by molar-refractivity contribution is 7.23. The fourth-order valence-electron chi connectivity index (χ4n) is 4.57. The van der Waals surface area contributed by atoms with Crippen molar-refractivity contribution in [1.29, 1.82) is 0 Å². The lowest BCUT2D eigenvalue weighted by molar-refractivity contribution is -0.137. The van der Waals surface area contributed by atoms with Crippen molar-refractivity contribution in [3.63, 3.8) is 0 Å². The molecule has 0 spiro atoms. The van der Waals surface area contributed by atoms with E-state index < -0.39 is 23.9 Å². The summed E-state index contributed by atoms with van der Waals surface area (Å²) in [5, 5.41) is 17.0. The van der Waals surface area contributed by atoms with Gasteiger partial charge in [0.2, 0.25) is 5.91 Å². The van der Waals surface area contributed by atoms with Gasteiger partial charge in [0.05, 0.1) is 21.8 Å². The smallest absolute Gasteiger partial charge is 0.416 e. The number of aromatic nitrogens is 1. The predicted molar refractivity (Wildman–Crippen MR) is 140 cm³/mol. The molecule has 3 N–H and O–H groups in total. The minimum Gasteiger partial charge on any atom is -0.465 e. The first-order valence-electron chi connectivity index (χ1n) is 12.1. The van der Waals surface area contributed by atoms with Crippen LogP contribution in [0.5, 0.6) is 0 Å². The molecule has 3 heterocycles. The van der Waals surface area contributed by atoms with Crippen LogP contribution in [0, 0.1) is 0 Å². The molecule has 0 fully saturated rings. The lowest BCUT2D eigenvalue weighted by atomic mass is 9.93.